The molecule has 2 aromatic rings. The summed E-state index contributed by atoms with van der Waals surface area (Å²) in [6, 6.07) is 9.63. The fourth-order valence-corrected chi connectivity index (χ4v) is 3.77. The molecule has 0 unspecified atom stereocenters. The average Bonchev–Trinajstić information content (AvgIpc) is 3.16. The Kier molecular flexibility index (Phi) is 6.49. The molecule has 1 aliphatic rings. The van der Waals surface area contributed by atoms with E-state index in [-0.39, 0.29) is 5.91 Å². The first-order chi connectivity index (χ1) is 12.7. The zero-order valence-corrected chi connectivity index (χ0v) is 16.1. The molecule has 0 spiro atoms. The van der Waals surface area contributed by atoms with E-state index in [9.17, 15) is 4.79 Å². The smallest absolute Gasteiger partial charge is 0.238 e. The fourth-order valence-electron chi connectivity index (χ4n) is 3.02. The standard InChI is InChI=1S/C19H25N3O3S/c1-24-15-5-6-17(18(12-15)25-2)20-19(23)14-22-9-7-21(8-10-22)13-16-4-3-11-26-16/h3-6,11-12H,7-10,13-14H2,1-2H3,(H,20,23). The van der Waals surface area contributed by atoms with Crippen molar-refractivity contribution in [1.29, 1.82) is 0 Å². The van der Waals surface area contributed by atoms with Crippen molar-refractivity contribution in [3.05, 3.63) is 40.6 Å². The van der Waals surface area contributed by atoms with Gasteiger partial charge in [-0.2, -0.15) is 0 Å². The van der Waals surface area contributed by atoms with Crippen molar-refractivity contribution < 1.29 is 14.3 Å². The maximum absolute atomic E-state index is 12.4. The van der Waals surface area contributed by atoms with Gasteiger partial charge in [-0.05, 0) is 23.6 Å². The first kappa shape index (κ1) is 18.7. The minimum atomic E-state index is -0.0276. The lowest BCUT2D eigenvalue weighted by atomic mass is 10.2. The van der Waals surface area contributed by atoms with Gasteiger partial charge < -0.3 is 14.8 Å². The number of nitrogens with one attached hydrogen (secondary N) is 1. The first-order valence-electron chi connectivity index (χ1n) is 8.67. The van der Waals surface area contributed by atoms with Gasteiger partial charge in [-0.1, -0.05) is 6.07 Å². The highest BCUT2D eigenvalue weighted by atomic mass is 32.1. The normalized spacial score (nSPS) is 15.6. The van der Waals surface area contributed by atoms with Gasteiger partial charge in [0.1, 0.15) is 11.5 Å². The van der Waals surface area contributed by atoms with Crippen molar-refractivity contribution in [3.63, 3.8) is 0 Å². The maximum Gasteiger partial charge on any atom is 0.238 e. The van der Waals surface area contributed by atoms with Gasteiger partial charge in [0, 0.05) is 43.7 Å². The predicted octanol–water partition coefficient (Wildman–Crippen LogP) is 2.52. The summed E-state index contributed by atoms with van der Waals surface area (Å²) in [5.41, 5.74) is 0.662. The van der Waals surface area contributed by atoms with Crippen LogP contribution in [0.3, 0.4) is 0 Å². The fraction of sp³-hybridized carbons (Fsp3) is 0.421. The van der Waals surface area contributed by atoms with Gasteiger partial charge in [0.25, 0.3) is 0 Å². The molecule has 140 valence electrons. The van der Waals surface area contributed by atoms with E-state index in [1.807, 2.05) is 6.07 Å². The molecule has 26 heavy (non-hydrogen) atoms. The third-order valence-corrected chi connectivity index (χ3v) is 5.34. The van der Waals surface area contributed by atoms with E-state index in [0.29, 0.717) is 23.7 Å². The lowest BCUT2D eigenvalue weighted by Crippen LogP contribution is -2.48. The number of ether oxygens (including phenoxy) is 2. The Labute approximate surface area is 158 Å². The highest BCUT2D eigenvalue weighted by Gasteiger charge is 2.20. The monoisotopic (exact) mass is 375 g/mol. The number of methoxy groups -OCH3 is 2. The quantitative estimate of drug-likeness (QED) is 0.806. The minimum absolute atomic E-state index is 0.0276. The van der Waals surface area contributed by atoms with Gasteiger partial charge in [0.15, 0.2) is 0 Å². The molecule has 0 bridgehead atoms. The van der Waals surface area contributed by atoms with Crippen LogP contribution in [-0.2, 0) is 11.3 Å². The molecule has 1 fully saturated rings. The SMILES string of the molecule is COc1ccc(NC(=O)CN2CCN(Cc3cccs3)CC2)c(OC)c1. The molecule has 2 heterocycles. The molecule has 0 atom stereocenters. The highest BCUT2D eigenvalue weighted by molar-refractivity contribution is 7.09. The van der Waals surface area contributed by atoms with Crippen molar-refractivity contribution in [2.75, 3.05) is 52.3 Å². The summed E-state index contributed by atoms with van der Waals surface area (Å²) in [6.07, 6.45) is 0. The van der Waals surface area contributed by atoms with Crippen LogP contribution in [0.2, 0.25) is 0 Å². The molecule has 1 saturated heterocycles. The molecule has 0 saturated carbocycles. The molecule has 6 nitrogen and oxygen atoms in total. The summed E-state index contributed by atoms with van der Waals surface area (Å²) >= 11 is 1.80. The highest BCUT2D eigenvalue weighted by Crippen LogP contribution is 2.29. The number of piperazine rings is 1. The van der Waals surface area contributed by atoms with Gasteiger partial charge in [0.2, 0.25) is 5.91 Å². The number of rotatable bonds is 7. The predicted molar refractivity (Wildman–Crippen MR) is 104 cm³/mol. The van der Waals surface area contributed by atoms with Crippen LogP contribution in [0.1, 0.15) is 4.88 Å². The Morgan fingerprint density at radius 2 is 1.88 bits per heavy atom. The number of hydrogen-bond donors (Lipinski definition) is 1. The molecule has 0 radical (unpaired) electrons. The lowest BCUT2D eigenvalue weighted by molar-refractivity contribution is -0.117. The van der Waals surface area contributed by atoms with E-state index in [2.05, 4.69) is 32.6 Å². The third kappa shape index (κ3) is 4.97. The molecular weight excluding hydrogens is 350 g/mol. The summed E-state index contributed by atoms with van der Waals surface area (Å²) in [6.45, 7) is 5.16. The number of amides is 1. The summed E-state index contributed by atoms with van der Waals surface area (Å²) in [4.78, 5) is 18.4. The van der Waals surface area contributed by atoms with Crippen LogP contribution in [0, 0.1) is 0 Å². The summed E-state index contributed by atoms with van der Waals surface area (Å²) in [5, 5.41) is 5.05. The van der Waals surface area contributed by atoms with E-state index in [4.69, 9.17) is 9.47 Å². The van der Waals surface area contributed by atoms with Gasteiger partial charge in [-0.3, -0.25) is 14.6 Å². The van der Waals surface area contributed by atoms with Crippen LogP contribution in [-0.4, -0.2) is 62.7 Å². The first-order valence-corrected chi connectivity index (χ1v) is 9.55. The number of carbonyl (C=O) groups is 1. The second-order valence-electron chi connectivity index (χ2n) is 6.25. The van der Waals surface area contributed by atoms with Crippen LogP contribution in [0.4, 0.5) is 5.69 Å². The Morgan fingerprint density at radius 1 is 1.12 bits per heavy atom. The molecule has 3 rings (SSSR count). The molecule has 7 heteroatoms. The Balaban J connectivity index is 1.47. The zero-order valence-electron chi connectivity index (χ0n) is 15.2. The summed E-state index contributed by atoms with van der Waals surface area (Å²) < 4.78 is 10.5. The topological polar surface area (TPSA) is 54.0 Å². The molecule has 0 aliphatic carbocycles. The van der Waals surface area contributed by atoms with Crippen LogP contribution < -0.4 is 14.8 Å². The van der Waals surface area contributed by atoms with E-state index in [1.54, 1.807) is 37.7 Å². The van der Waals surface area contributed by atoms with E-state index in [0.717, 1.165) is 32.7 Å². The molecule has 1 aromatic heterocycles. The Hall–Kier alpha value is -2.09. The number of benzene rings is 1. The van der Waals surface area contributed by atoms with Crippen molar-refractivity contribution >= 4 is 22.9 Å². The number of carbonyl (C=O) groups excluding carboxylic acids is 1. The largest absolute Gasteiger partial charge is 0.497 e. The lowest BCUT2D eigenvalue weighted by Gasteiger charge is -2.34. The van der Waals surface area contributed by atoms with E-state index in [1.165, 1.54) is 4.88 Å². The van der Waals surface area contributed by atoms with Crippen LogP contribution in [0.5, 0.6) is 11.5 Å². The number of thiophene rings is 1. The molecule has 1 amide bonds. The Bertz CT molecular complexity index is 713. The van der Waals surface area contributed by atoms with Crippen molar-refractivity contribution in [2.24, 2.45) is 0 Å². The Morgan fingerprint density at radius 3 is 2.54 bits per heavy atom. The van der Waals surface area contributed by atoms with Gasteiger partial charge in [0.05, 0.1) is 26.5 Å². The maximum atomic E-state index is 12.4. The number of nitrogens with zero attached hydrogens (tertiary/aromatic N) is 2. The van der Waals surface area contributed by atoms with Gasteiger partial charge in [-0.15, -0.1) is 11.3 Å². The second-order valence-corrected chi connectivity index (χ2v) is 7.28. The van der Waals surface area contributed by atoms with Crippen LogP contribution >= 0.6 is 11.3 Å². The third-order valence-electron chi connectivity index (χ3n) is 4.47. The molecule has 1 aliphatic heterocycles. The average molecular weight is 375 g/mol. The second kappa shape index (κ2) is 9.02. The number of anilines is 1. The number of hydrogen-bond acceptors (Lipinski definition) is 6. The van der Waals surface area contributed by atoms with Crippen LogP contribution in [0.15, 0.2) is 35.7 Å². The van der Waals surface area contributed by atoms with E-state index >= 15 is 0 Å². The molecule has 1 N–H and O–H groups in total. The van der Waals surface area contributed by atoms with E-state index < -0.39 is 0 Å². The van der Waals surface area contributed by atoms with Crippen molar-refractivity contribution in [1.82, 2.24) is 9.80 Å². The minimum Gasteiger partial charge on any atom is -0.497 e. The molecular formula is C19H25N3O3S. The summed E-state index contributed by atoms with van der Waals surface area (Å²) in [7, 11) is 3.18. The van der Waals surface area contributed by atoms with Gasteiger partial charge in [-0.25, -0.2) is 0 Å². The zero-order chi connectivity index (χ0) is 18.4. The van der Waals surface area contributed by atoms with Crippen LogP contribution in [0.25, 0.3) is 0 Å². The molecule has 1 aromatic carbocycles. The van der Waals surface area contributed by atoms with Crippen molar-refractivity contribution in [2.45, 2.75) is 6.54 Å². The summed E-state index contributed by atoms with van der Waals surface area (Å²) in [5.74, 6) is 1.26. The van der Waals surface area contributed by atoms with Crippen molar-refractivity contribution in [3.8, 4) is 11.5 Å². The van der Waals surface area contributed by atoms with Gasteiger partial charge >= 0.3 is 0 Å².